The van der Waals surface area contributed by atoms with Crippen molar-refractivity contribution in [3.63, 3.8) is 0 Å². The summed E-state index contributed by atoms with van der Waals surface area (Å²) < 4.78 is 0. The third kappa shape index (κ3) is 1.65. The number of fused-ring (bicyclic) bond motifs is 2. The van der Waals surface area contributed by atoms with Gasteiger partial charge in [-0.1, -0.05) is 26.0 Å². The number of aliphatic hydroxyl groups is 1. The molecule has 2 bridgehead atoms. The molecule has 108 valence electrons. The van der Waals surface area contributed by atoms with E-state index in [-0.39, 0.29) is 22.8 Å². The number of para-hydroxylation sites is 1. The van der Waals surface area contributed by atoms with E-state index in [1.807, 2.05) is 25.1 Å². The van der Waals surface area contributed by atoms with Crippen molar-refractivity contribution >= 4 is 6.21 Å². The molecule has 3 heteroatoms. The van der Waals surface area contributed by atoms with Gasteiger partial charge in [-0.3, -0.25) is 4.99 Å². The van der Waals surface area contributed by atoms with Crippen LogP contribution in [0.1, 0.15) is 44.2 Å². The third-order valence-electron chi connectivity index (χ3n) is 5.77. The Bertz CT molecular complexity index is 564. The van der Waals surface area contributed by atoms with Crippen LogP contribution in [-0.4, -0.2) is 28.1 Å². The first-order valence-corrected chi connectivity index (χ1v) is 7.40. The number of phenols is 1. The first-order valence-electron chi connectivity index (χ1n) is 7.40. The zero-order valence-corrected chi connectivity index (χ0v) is 12.4. The van der Waals surface area contributed by atoms with Gasteiger partial charge in [-0.2, -0.15) is 0 Å². The molecule has 2 fully saturated rings. The van der Waals surface area contributed by atoms with E-state index < -0.39 is 0 Å². The average Bonchev–Trinajstić information content (AvgIpc) is 2.75. The Morgan fingerprint density at radius 1 is 1.35 bits per heavy atom. The topological polar surface area (TPSA) is 52.8 Å². The molecule has 2 aliphatic carbocycles. The second kappa shape index (κ2) is 4.32. The van der Waals surface area contributed by atoms with Crippen LogP contribution in [0.4, 0.5) is 0 Å². The SMILES string of the molecule is Cc1cccc(C=N[C@]23CC[C@H](C[C@H]2O)C3(C)C)c1O. The van der Waals surface area contributed by atoms with E-state index in [1.165, 1.54) is 0 Å². The molecular formula is C17H23NO2. The molecule has 0 heterocycles. The zero-order valence-electron chi connectivity index (χ0n) is 12.4. The second-order valence-electron chi connectivity index (χ2n) is 6.90. The smallest absolute Gasteiger partial charge is 0.127 e. The summed E-state index contributed by atoms with van der Waals surface area (Å²) in [5, 5.41) is 20.5. The van der Waals surface area contributed by atoms with Crippen molar-refractivity contribution < 1.29 is 10.2 Å². The van der Waals surface area contributed by atoms with Gasteiger partial charge in [-0.15, -0.1) is 0 Å². The first kappa shape index (κ1) is 13.6. The second-order valence-corrected chi connectivity index (χ2v) is 6.90. The number of hydrogen-bond acceptors (Lipinski definition) is 3. The number of rotatable bonds is 2. The summed E-state index contributed by atoms with van der Waals surface area (Å²) in [6.07, 6.45) is 4.32. The van der Waals surface area contributed by atoms with E-state index in [1.54, 1.807) is 6.21 Å². The Hall–Kier alpha value is -1.35. The molecule has 3 atom stereocenters. The molecule has 0 amide bonds. The highest BCUT2D eigenvalue weighted by Crippen LogP contribution is 2.62. The monoisotopic (exact) mass is 273 g/mol. The standard InChI is InChI=1S/C17H23NO2/c1-11-5-4-6-12(15(11)20)10-18-17-8-7-13(9-14(17)19)16(17,2)3/h4-6,10,13-14,19-20H,7-9H2,1-3H3/t13-,14-,17-/m1/s1. The minimum absolute atomic E-state index is 0.0301. The number of aryl methyl sites for hydroxylation is 1. The third-order valence-corrected chi connectivity index (χ3v) is 5.77. The summed E-state index contributed by atoms with van der Waals surface area (Å²) >= 11 is 0. The molecule has 0 aromatic heterocycles. The maximum atomic E-state index is 10.4. The molecule has 0 saturated heterocycles. The zero-order chi connectivity index (χ0) is 14.5. The summed E-state index contributed by atoms with van der Waals surface area (Å²) in [4.78, 5) is 4.79. The van der Waals surface area contributed by atoms with Crippen LogP contribution in [0, 0.1) is 18.3 Å². The van der Waals surface area contributed by atoms with E-state index in [0.717, 1.165) is 30.4 Å². The van der Waals surface area contributed by atoms with Gasteiger partial charge in [0.25, 0.3) is 0 Å². The fourth-order valence-electron chi connectivity index (χ4n) is 4.19. The maximum Gasteiger partial charge on any atom is 0.127 e. The molecule has 3 rings (SSSR count). The Morgan fingerprint density at radius 2 is 2.10 bits per heavy atom. The van der Waals surface area contributed by atoms with E-state index in [2.05, 4.69) is 13.8 Å². The Balaban J connectivity index is 1.98. The molecule has 0 aliphatic heterocycles. The van der Waals surface area contributed by atoms with Gasteiger partial charge >= 0.3 is 0 Å². The van der Waals surface area contributed by atoms with Crippen LogP contribution in [0.2, 0.25) is 0 Å². The highest BCUT2D eigenvalue weighted by atomic mass is 16.3. The molecule has 2 saturated carbocycles. The number of hydrogen-bond donors (Lipinski definition) is 2. The summed E-state index contributed by atoms with van der Waals surface area (Å²) in [5.74, 6) is 0.841. The summed E-state index contributed by atoms with van der Waals surface area (Å²) in [6, 6.07) is 5.66. The van der Waals surface area contributed by atoms with Gasteiger partial charge in [0, 0.05) is 11.8 Å². The number of aliphatic imine (C=N–C) groups is 1. The molecule has 0 radical (unpaired) electrons. The lowest BCUT2D eigenvalue weighted by Crippen LogP contribution is -2.44. The number of nitrogens with zero attached hydrogens (tertiary/aromatic N) is 1. The summed E-state index contributed by atoms with van der Waals surface area (Å²) in [5.41, 5.74) is 1.23. The molecular weight excluding hydrogens is 250 g/mol. The van der Waals surface area contributed by atoms with Crippen LogP contribution < -0.4 is 0 Å². The molecule has 3 nitrogen and oxygen atoms in total. The lowest BCUT2D eigenvalue weighted by molar-refractivity contribution is 0.0692. The fourth-order valence-corrected chi connectivity index (χ4v) is 4.19. The fraction of sp³-hybridized carbons (Fsp3) is 0.588. The number of benzene rings is 1. The Morgan fingerprint density at radius 3 is 2.70 bits per heavy atom. The largest absolute Gasteiger partial charge is 0.507 e. The lowest BCUT2D eigenvalue weighted by atomic mass is 9.76. The van der Waals surface area contributed by atoms with Gasteiger partial charge in [0.2, 0.25) is 0 Å². The van der Waals surface area contributed by atoms with Gasteiger partial charge in [0.15, 0.2) is 0 Å². The summed E-state index contributed by atoms with van der Waals surface area (Å²) in [6.45, 7) is 6.31. The molecule has 20 heavy (non-hydrogen) atoms. The number of aromatic hydroxyl groups is 1. The highest BCUT2D eigenvalue weighted by molar-refractivity contribution is 5.84. The average molecular weight is 273 g/mol. The maximum absolute atomic E-state index is 10.4. The molecule has 2 aliphatic rings. The van der Waals surface area contributed by atoms with E-state index in [4.69, 9.17) is 4.99 Å². The van der Waals surface area contributed by atoms with Crippen molar-refractivity contribution in [2.24, 2.45) is 16.3 Å². The first-order chi connectivity index (χ1) is 9.38. The predicted octanol–water partition coefficient (Wildman–Crippen LogP) is 3.06. The van der Waals surface area contributed by atoms with Crippen molar-refractivity contribution in [1.82, 2.24) is 0 Å². The lowest BCUT2D eigenvalue weighted by Gasteiger charge is -2.36. The highest BCUT2D eigenvalue weighted by Gasteiger charge is 2.64. The molecule has 2 N–H and O–H groups in total. The van der Waals surface area contributed by atoms with Crippen molar-refractivity contribution in [2.45, 2.75) is 51.7 Å². The molecule has 1 aromatic carbocycles. The Kier molecular flexibility index (Phi) is 2.94. The van der Waals surface area contributed by atoms with Crippen LogP contribution in [-0.2, 0) is 0 Å². The minimum atomic E-state index is -0.381. The van der Waals surface area contributed by atoms with Crippen LogP contribution in [0.3, 0.4) is 0 Å². The van der Waals surface area contributed by atoms with Gasteiger partial charge in [0.1, 0.15) is 5.75 Å². The quantitative estimate of drug-likeness (QED) is 0.814. The number of aliphatic hydroxyl groups excluding tert-OH is 1. The van der Waals surface area contributed by atoms with Crippen LogP contribution in [0.25, 0.3) is 0 Å². The number of phenolic OH excluding ortho intramolecular Hbond substituents is 1. The van der Waals surface area contributed by atoms with Crippen LogP contribution in [0.5, 0.6) is 5.75 Å². The van der Waals surface area contributed by atoms with Crippen molar-refractivity contribution in [2.75, 3.05) is 0 Å². The normalized spacial score (nSPS) is 35.0. The van der Waals surface area contributed by atoms with E-state index in [9.17, 15) is 10.2 Å². The van der Waals surface area contributed by atoms with Gasteiger partial charge in [-0.05, 0) is 49.1 Å². The van der Waals surface area contributed by atoms with Crippen molar-refractivity contribution in [1.29, 1.82) is 0 Å². The van der Waals surface area contributed by atoms with E-state index >= 15 is 0 Å². The molecule has 0 spiro atoms. The van der Waals surface area contributed by atoms with Crippen LogP contribution >= 0.6 is 0 Å². The van der Waals surface area contributed by atoms with Gasteiger partial charge in [-0.25, -0.2) is 0 Å². The van der Waals surface area contributed by atoms with Gasteiger partial charge in [0.05, 0.1) is 11.6 Å². The molecule has 1 aromatic rings. The minimum Gasteiger partial charge on any atom is -0.507 e. The van der Waals surface area contributed by atoms with Crippen LogP contribution in [0.15, 0.2) is 23.2 Å². The summed E-state index contributed by atoms with van der Waals surface area (Å²) in [7, 11) is 0. The Labute approximate surface area is 120 Å². The predicted molar refractivity (Wildman–Crippen MR) is 80.3 cm³/mol. The van der Waals surface area contributed by atoms with E-state index in [0.29, 0.717) is 5.92 Å². The van der Waals surface area contributed by atoms with Crippen molar-refractivity contribution in [3.05, 3.63) is 29.3 Å². The van der Waals surface area contributed by atoms with Crippen molar-refractivity contribution in [3.8, 4) is 5.75 Å². The molecule has 0 unspecified atom stereocenters. The van der Waals surface area contributed by atoms with Gasteiger partial charge < -0.3 is 10.2 Å².